The summed E-state index contributed by atoms with van der Waals surface area (Å²) >= 11 is 0. The zero-order chi connectivity index (χ0) is 33.3. The second kappa shape index (κ2) is 12.8. The highest BCUT2D eigenvalue weighted by atomic mass is 19.4. The maximum Gasteiger partial charge on any atom is 0.434 e. The number of hydrogen-bond donors (Lipinski definition) is 1. The van der Waals surface area contributed by atoms with Crippen LogP contribution in [0.1, 0.15) is 55.6 Å². The number of ether oxygens (including phenoxy) is 1. The third-order valence-electron chi connectivity index (χ3n) is 7.74. The molecule has 0 amide bonds. The van der Waals surface area contributed by atoms with E-state index in [9.17, 15) is 22.8 Å². The minimum Gasteiger partial charge on any atom is -0.480 e. The number of imidazole rings is 1. The summed E-state index contributed by atoms with van der Waals surface area (Å²) < 4.78 is 48.8. The zero-order valence-electron chi connectivity index (χ0n) is 25.8. The first-order valence-electron chi connectivity index (χ1n) is 14.9. The number of alkyl halides is 3. The molecule has 0 bridgehead atoms. The second-order valence-corrected chi connectivity index (χ2v) is 11.4. The summed E-state index contributed by atoms with van der Waals surface area (Å²) in [6.07, 6.45) is 2.66. The van der Waals surface area contributed by atoms with Gasteiger partial charge in [-0.1, -0.05) is 24.3 Å². The van der Waals surface area contributed by atoms with Crippen LogP contribution in [0.4, 0.5) is 19.1 Å². The fourth-order valence-corrected chi connectivity index (χ4v) is 5.19. The molecular weight excluding hydrogens is 617 g/mol. The van der Waals surface area contributed by atoms with Crippen molar-refractivity contribution in [1.82, 2.24) is 44.0 Å². The lowest BCUT2D eigenvalue weighted by Gasteiger charge is -2.23. The Kier molecular flexibility index (Phi) is 8.58. The number of hydrogen-bond acceptors (Lipinski definition) is 10. The number of methoxy groups -OCH3 is 1. The highest BCUT2D eigenvalue weighted by molar-refractivity contribution is 5.66. The smallest absolute Gasteiger partial charge is 0.434 e. The predicted molar refractivity (Wildman–Crippen MR) is 165 cm³/mol. The van der Waals surface area contributed by atoms with E-state index in [2.05, 4.69) is 29.9 Å². The van der Waals surface area contributed by atoms with Gasteiger partial charge in [0.1, 0.15) is 24.0 Å². The van der Waals surface area contributed by atoms with Gasteiger partial charge in [0.2, 0.25) is 11.8 Å². The van der Waals surface area contributed by atoms with Gasteiger partial charge in [0.15, 0.2) is 11.5 Å². The summed E-state index contributed by atoms with van der Waals surface area (Å²) in [6, 6.07) is 8.04. The molecule has 0 radical (unpaired) electrons. The lowest BCUT2D eigenvalue weighted by molar-refractivity contribution is -0.140. The van der Waals surface area contributed by atoms with Crippen molar-refractivity contribution < 1.29 is 17.9 Å². The van der Waals surface area contributed by atoms with Crippen molar-refractivity contribution in [3.05, 3.63) is 93.2 Å². The van der Waals surface area contributed by atoms with Crippen molar-refractivity contribution in [1.29, 1.82) is 0 Å². The van der Waals surface area contributed by atoms with Crippen molar-refractivity contribution in [3.63, 3.8) is 0 Å². The highest BCUT2D eigenvalue weighted by Crippen LogP contribution is 2.44. The highest BCUT2D eigenvalue weighted by Gasteiger charge is 2.35. The quantitative estimate of drug-likeness (QED) is 0.220. The van der Waals surface area contributed by atoms with Gasteiger partial charge >= 0.3 is 11.9 Å². The summed E-state index contributed by atoms with van der Waals surface area (Å²) in [4.78, 5) is 54.3. The van der Waals surface area contributed by atoms with Gasteiger partial charge in [-0.05, 0) is 32.3 Å². The number of aromatic amines is 1. The lowest BCUT2D eigenvalue weighted by Crippen LogP contribution is -2.34. The van der Waals surface area contributed by atoms with Gasteiger partial charge in [-0.2, -0.15) is 18.2 Å². The van der Waals surface area contributed by atoms with Crippen LogP contribution >= 0.6 is 0 Å². The average molecular weight is 649 g/mol. The molecule has 13 nitrogen and oxygen atoms in total. The molecule has 6 rings (SSSR count). The van der Waals surface area contributed by atoms with Gasteiger partial charge < -0.3 is 14.2 Å². The minimum atomic E-state index is -4.57. The molecule has 4 heterocycles. The van der Waals surface area contributed by atoms with Crippen LogP contribution < -0.4 is 20.9 Å². The summed E-state index contributed by atoms with van der Waals surface area (Å²) in [6.45, 7) is 4.29. The third-order valence-corrected chi connectivity index (χ3v) is 7.74. The topological polar surface area (TPSA) is 150 Å². The Balaban J connectivity index is 1.34. The van der Waals surface area contributed by atoms with E-state index in [1.54, 1.807) is 38.1 Å². The summed E-state index contributed by atoms with van der Waals surface area (Å²) in [5.41, 5.74) is 0.682. The third kappa shape index (κ3) is 6.90. The SMILES string of the molecule is COc1ncnc(C2CC2)c1-c1ncnc(N(CCn2ccc(=O)[nH]c2=O)Cc2ccc(-c3nc(C(F)(F)F)cn3C(C)C)cc2)n1. The Labute approximate surface area is 266 Å². The molecule has 0 saturated heterocycles. The van der Waals surface area contributed by atoms with E-state index in [4.69, 9.17) is 9.72 Å². The Bertz CT molecular complexity index is 2000. The Morgan fingerprint density at radius 1 is 1.02 bits per heavy atom. The van der Waals surface area contributed by atoms with Gasteiger partial charge in [-0.25, -0.2) is 29.7 Å². The van der Waals surface area contributed by atoms with Crippen LogP contribution in [0.25, 0.3) is 22.8 Å². The molecule has 1 aliphatic rings. The minimum absolute atomic E-state index is 0.186. The van der Waals surface area contributed by atoms with Gasteiger partial charge in [0.05, 0.1) is 12.8 Å². The molecule has 1 aromatic carbocycles. The van der Waals surface area contributed by atoms with Crippen LogP contribution in [0.3, 0.4) is 0 Å². The molecular formula is C31H31F3N10O3. The van der Waals surface area contributed by atoms with Crippen LogP contribution in [0.15, 0.2) is 65.0 Å². The van der Waals surface area contributed by atoms with Crippen molar-refractivity contribution in [2.75, 3.05) is 18.6 Å². The Morgan fingerprint density at radius 3 is 2.43 bits per heavy atom. The van der Waals surface area contributed by atoms with Crippen molar-refractivity contribution >= 4 is 5.95 Å². The van der Waals surface area contributed by atoms with E-state index in [1.807, 2.05) is 4.90 Å². The van der Waals surface area contributed by atoms with Crippen LogP contribution in [0, 0.1) is 0 Å². The summed E-state index contributed by atoms with van der Waals surface area (Å²) in [5, 5.41) is 0. The van der Waals surface area contributed by atoms with Crippen molar-refractivity contribution in [2.24, 2.45) is 0 Å². The molecule has 0 aliphatic heterocycles. The number of anilines is 1. The number of aromatic nitrogens is 9. The fraction of sp³-hybridized carbons (Fsp3) is 0.355. The molecule has 1 saturated carbocycles. The van der Waals surface area contributed by atoms with Gasteiger partial charge in [-0.3, -0.25) is 14.3 Å². The number of halogens is 3. The number of rotatable bonds is 11. The van der Waals surface area contributed by atoms with Crippen molar-refractivity contribution in [2.45, 2.75) is 57.9 Å². The number of H-pyrrole nitrogens is 1. The maximum absolute atomic E-state index is 13.5. The number of benzene rings is 1. The monoisotopic (exact) mass is 648 g/mol. The Hall–Kier alpha value is -5.41. The van der Waals surface area contributed by atoms with Crippen LogP contribution in [0.5, 0.6) is 5.88 Å². The molecule has 1 aliphatic carbocycles. The summed E-state index contributed by atoms with van der Waals surface area (Å²) in [7, 11) is 1.51. The zero-order valence-corrected chi connectivity index (χ0v) is 25.8. The van der Waals surface area contributed by atoms with Gasteiger partial charge in [0, 0.05) is 55.6 Å². The molecule has 0 atom stereocenters. The molecule has 1 N–H and O–H groups in total. The largest absolute Gasteiger partial charge is 0.480 e. The lowest BCUT2D eigenvalue weighted by atomic mass is 10.1. The molecule has 0 unspecified atom stereocenters. The van der Waals surface area contributed by atoms with Crippen LogP contribution in [-0.4, -0.2) is 57.7 Å². The molecule has 47 heavy (non-hydrogen) atoms. The van der Waals surface area contributed by atoms with E-state index >= 15 is 0 Å². The van der Waals surface area contributed by atoms with Gasteiger partial charge in [-0.15, -0.1) is 0 Å². The Morgan fingerprint density at radius 2 is 1.77 bits per heavy atom. The fourth-order valence-electron chi connectivity index (χ4n) is 5.19. The molecule has 0 spiro atoms. The molecule has 5 aromatic rings. The number of nitrogens with one attached hydrogen (secondary N) is 1. The van der Waals surface area contributed by atoms with Crippen LogP contribution in [-0.2, 0) is 19.3 Å². The van der Waals surface area contributed by atoms with Gasteiger partial charge in [0.25, 0.3) is 5.56 Å². The van der Waals surface area contributed by atoms with E-state index in [0.717, 1.165) is 30.3 Å². The predicted octanol–water partition coefficient (Wildman–Crippen LogP) is 4.23. The van der Waals surface area contributed by atoms with E-state index in [1.165, 1.54) is 41.2 Å². The molecule has 244 valence electrons. The normalized spacial score (nSPS) is 13.3. The molecule has 1 fully saturated rings. The summed E-state index contributed by atoms with van der Waals surface area (Å²) in [5.74, 6) is 1.43. The first kappa shape index (κ1) is 31.6. The van der Waals surface area contributed by atoms with E-state index in [0.29, 0.717) is 28.8 Å². The number of nitrogens with zero attached hydrogens (tertiary/aromatic N) is 9. The van der Waals surface area contributed by atoms with E-state index < -0.39 is 23.1 Å². The van der Waals surface area contributed by atoms with Crippen LogP contribution in [0.2, 0.25) is 0 Å². The molecule has 4 aromatic heterocycles. The second-order valence-electron chi connectivity index (χ2n) is 11.4. The first-order chi connectivity index (χ1) is 22.5. The first-order valence-corrected chi connectivity index (χ1v) is 14.9. The maximum atomic E-state index is 13.5. The standard InChI is InChI=1S/C31H31F3N10O3/c1-18(2)44-15-22(31(32,33)34)39-27(44)21-6-4-19(5-7-21)14-43(13-12-42-11-10-23(45)40-30(42)46)29-38-17-36-26(41-29)24-25(20-8-9-20)35-16-37-28(24)47-3/h4-7,10-11,15-18,20H,8-9,12-14H2,1-3H3,(H,40,45,46). The average Bonchev–Trinajstić information content (AvgIpc) is 3.79. The molecule has 16 heteroatoms. The van der Waals surface area contributed by atoms with E-state index in [-0.39, 0.29) is 37.4 Å². The van der Waals surface area contributed by atoms with Crippen molar-refractivity contribution in [3.8, 4) is 28.7 Å².